The Morgan fingerprint density at radius 1 is 1.36 bits per heavy atom. The molecular formula is C15H23N3O4. The predicted octanol–water partition coefficient (Wildman–Crippen LogP) is 1.86. The number of aromatic nitrogens is 2. The second kappa shape index (κ2) is 5.98. The van der Waals surface area contributed by atoms with Crippen molar-refractivity contribution in [3.8, 4) is 0 Å². The van der Waals surface area contributed by atoms with Crippen LogP contribution in [0.25, 0.3) is 0 Å². The summed E-state index contributed by atoms with van der Waals surface area (Å²) in [6.45, 7) is 11.2. The van der Waals surface area contributed by atoms with Crippen molar-refractivity contribution in [2.75, 3.05) is 26.3 Å². The van der Waals surface area contributed by atoms with Gasteiger partial charge in [-0.1, -0.05) is 0 Å². The molecule has 0 spiro atoms. The molecule has 1 fully saturated rings. The summed E-state index contributed by atoms with van der Waals surface area (Å²) < 4.78 is 11.9. The Balaban J connectivity index is 2.01. The lowest BCUT2D eigenvalue weighted by Gasteiger charge is -2.21. The van der Waals surface area contributed by atoms with Gasteiger partial charge in [-0.25, -0.2) is 9.59 Å². The normalized spacial score (nSPS) is 15.1. The van der Waals surface area contributed by atoms with E-state index in [0.717, 1.165) is 5.69 Å². The molecule has 0 aromatic carbocycles. The highest BCUT2D eigenvalue weighted by Gasteiger charge is 2.26. The number of carbonyl (C=O) groups excluding carboxylic acids is 2. The average molecular weight is 309 g/mol. The van der Waals surface area contributed by atoms with Gasteiger partial charge < -0.3 is 14.4 Å². The van der Waals surface area contributed by atoms with Crippen LogP contribution < -0.4 is 0 Å². The fourth-order valence-electron chi connectivity index (χ4n) is 2.54. The number of carbonyl (C=O) groups is 2. The molecule has 7 nitrogen and oxygen atoms in total. The number of cyclic esters (lactones) is 1. The summed E-state index contributed by atoms with van der Waals surface area (Å²) in [5.41, 5.74) is 1.74. The van der Waals surface area contributed by atoms with Crippen molar-refractivity contribution in [3.63, 3.8) is 0 Å². The highest BCUT2D eigenvalue weighted by molar-refractivity contribution is 5.91. The van der Waals surface area contributed by atoms with Crippen LogP contribution in [0.15, 0.2) is 0 Å². The fourth-order valence-corrected chi connectivity index (χ4v) is 2.54. The van der Waals surface area contributed by atoms with Gasteiger partial charge >= 0.3 is 12.1 Å². The fraction of sp³-hybridized carbons (Fsp3) is 0.667. The van der Waals surface area contributed by atoms with Gasteiger partial charge in [-0.2, -0.15) is 5.10 Å². The van der Waals surface area contributed by atoms with Gasteiger partial charge in [0.25, 0.3) is 0 Å². The minimum atomic E-state index is -0.405. The third-order valence-corrected chi connectivity index (χ3v) is 3.57. The number of hydrogen-bond donors (Lipinski definition) is 0. The molecule has 0 aliphatic carbocycles. The lowest BCUT2D eigenvalue weighted by molar-refractivity contribution is 0.0475. The third-order valence-electron chi connectivity index (χ3n) is 3.57. The molecule has 0 radical (unpaired) electrons. The van der Waals surface area contributed by atoms with E-state index in [9.17, 15) is 9.59 Å². The van der Waals surface area contributed by atoms with Crippen LogP contribution in [0, 0.1) is 13.8 Å². The van der Waals surface area contributed by atoms with E-state index in [1.165, 1.54) is 4.90 Å². The summed E-state index contributed by atoms with van der Waals surface area (Å²) in [6, 6.07) is 0. The first-order valence-corrected chi connectivity index (χ1v) is 7.37. The van der Waals surface area contributed by atoms with Gasteiger partial charge in [-0.05, 0) is 34.6 Å². The van der Waals surface area contributed by atoms with E-state index < -0.39 is 5.97 Å². The molecule has 1 amide bonds. The number of ether oxygens (including phenoxy) is 2. The van der Waals surface area contributed by atoms with Gasteiger partial charge in [0, 0.05) is 0 Å². The van der Waals surface area contributed by atoms with Crippen molar-refractivity contribution >= 4 is 12.1 Å². The lowest BCUT2D eigenvalue weighted by atomic mass is 10.1. The smallest absolute Gasteiger partial charge is 0.410 e. The first-order valence-electron chi connectivity index (χ1n) is 7.37. The zero-order valence-corrected chi connectivity index (χ0v) is 13.8. The topological polar surface area (TPSA) is 73.7 Å². The second-order valence-electron chi connectivity index (χ2n) is 6.37. The van der Waals surface area contributed by atoms with Crippen molar-refractivity contribution in [1.82, 2.24) is 14.7 Å². The highest BCUT2D eigenvalue weighted by atomic mass is 16.6. The maximum Gasteiger partial charge on any atom is 0.410 e. The van der Waals surface area contributed by atoms with Crippen LogP contribution in [-0.4, -0.2) is 53.0 Å². The minimum Gasteiger partial charge on any atom is -0.460 e. The molecule has 1 aliphatic heterocycles. The monoisotopic (exact) mass is 309 g/mol. The predicted molar refractivity (Wildman–Crippen MR) is 79.9 cm³/mol. The maximum absolute atomic E-state index is 12.3. The number of hydrogen-bond acceptors (Lipinski definition) is 5. The van der Waals surface area contributed by atoms with Crippen LogP contribution in [0.5, 0.6) is 0 Å². The van der Waals surface area contributed by atoms with Gasteiger partial charge in [0.15, 0.2) is 0 Å². The molecule has 0 bridgehead atoms. The standard InChI is InChI=1S/C15H23N3O4/c1-10-12(11(2)18(16-10)15(3,4)5)13(19)21-8-6-17-7-9-22-14(17)20/h6-9H2,1-5H3. The number of amides is 1. The largest absolute Gasteiger partial charge is 0.460 e. The van der Waals surface area contributed by atoms with Gasteiger partial charge in [-0.3, -0.25) is 4.68 Å². The molecule has 0 N–H and O–H groups in total. The molecule has 22 heavy (non-hydrogen) atoms. The van der Waals surface area contributed by atoms with Gasteiger partial charge in [0.05, 0.1) is 30.0 Å². The number of nitrogens with zero attached hydrogens (tertiary/aromatic N) is 3. The zero-order valence-electron chi connectivity index (χ0n) is 13.8. The summed E-state index contributed by atoms with van der Waals surface area (Å²) in [4.78, 5) is 25.1. The number of esters is 1. The Kier molecular flexibility index (Phi) is 4.44. The van der Waals surface area contributed by atoms with Crippen LogP contribution >= 0.6 is 0 Å². The van der Waals surface area contributed by atoms with E-state index >= 15 is 0 Å². The molecule has 0 saturated carbocycles. The summed E-state index contributed by atoms with van der Waals surface area (Å²) in [7, 11) is 0. The molecule has 2 heterocycles. The third kappa shape index (κ3) is 3.23. The first kappa shape index (κ1) is 16.3. The Morgan fingerprint density at radius 2 is 2.05 bits per heavy atom. The lowest BCUT2D eigenvalue weighted by Crippen LogP contribution is -2.29. The average Bonchev–Trinajstić information content (AvgIpc) is 2.93. The van der Waals surface area contributed by atoms with E-state index in [0.29, 0.717) is 31.0 Å². The van der Waals surface area contributed by atoms with Crippen molar-refractivity contribution < 1.29 is 19.1 Å². The highest BCUT2D eigenvalue weighted by Crippen LogP contribution is 2.22. The molecule has 1 aromatic heterocycles. The molecule has 1 saturated heterocycles. The Hall–Kier alpha value is -2.05. The van der Waals surface area contributed by atoms with E-state index in [4.69, 9.17) is 9.47 Å². The van der Waals surface area contributed by atoms with Crippen LogP contribution in [0.3, 0.4) is 0 Å². The maximum atomic E-state index is 12.3. The van der Waals surface area contributed by atoms with Crippen LogP contribution in [-0.2, 0) is 15.0 Å². The van der Waals surface area contributed by atoms with Gasteiger partial charge in [0.1, 0.15) is 18.8 Å². The van der Waals surface area contributed by atoms with Crippen molar-refractivity contribution in [2.24, 2.45) is 0 Å². The SMILES string of the molecule is Cc1nn(C(C)(C)C)c(C)c1C(=O)OCCN1CCOC1=O. The van der Waals surface area contributed by atoms with Crippen LogP contribution in [0.2, 0.25) is 0 Å². The second-order valence-corrected chi connectivity index (χ2v) is 6.37. The zero-order chi connectivity index (χ0) is 16.5. The van der Waals surface area contributed by atoms with E-state index in [-0.39, 0.29) is 18.2 Å². The Labute approximate surface area is 130 Å². The first-order chi connectivity index (χ1) is 10.2. The summed E-state index contributed by atoms with van der Waals surface area (Å²) in [5, 5.41) is 4.43. The molecule has 0 atom stereocenters. The Bertz CT molecular complexity index is 586. The van der Waals surface area contributed by atoms with Crippen LogP contribution in [0.1, 0.15) is 42.5 Å². The number of rotatable bonds is 4. The summed E-state index contributed by atoms with van der Waals surface area (Å²) >= 11 is 0. The molecule has 1 aliphatic rings. The molecule has 0 unspecified atom stereocenters. The summed E-state index contributed by atoms with van der Waals surface area (Å²) in [6.07, 6.45) is -0.357. The van der Waals surface area contributed by atoms with E-state index in [1.807, 2.05) is 32.4 Å². The van der Waals surface area contributed by atoms with Crippen molar-refractivity contribution in [3.05, 3.63) is 17.0 Å². The minimum absolute atomic E-state index is 0.146. The summed E-state index contributed by atoms with van der Waals surface area (Å²) in [5.74, 6) is -0.405. The molecule has 7 heteroatoms. The van der Waals surface area contributed by atoms with Gasteiger partial charge in [-0.15, -0.1) is 0 Å². The van der Waals surface area contributed by atoms with E-state index in [2.05, 4.69) is 5.10 Å². The quantitative estimate of drug-likeness (QED) is 0.794. The molecule has 2 rings (SSSR count). The molecule has 1 aromatic rings. The van der Waals surface area contributed by atoms with Crippen molar-refractivity contribution in [1.29, 1.82) is 0 Å². The molecular weight excluding hydrogens is 286 g/mol. The Morgan fingerprint density at radius 3 is 2.55 bits per heavy atom. The van der Waals surface area contributed by atoms with E-state index in [1.54, 1.807) is 6.92 Å². The van der Waals surface area contributed by atoms with Crippen LogP contribution in [0.4, 0.5) is 4.79 Å². The number of aryl methyl sites for hydroxylation is 1. The van der Waals surface area contributed by atoms with Gasteiger partial charge in [0.2, 0.25) is 0 Å². The van der Waals surface area contributed by atoms with Crippen molar-refractivity contribution in [2.45, 2.75) is 40.2 Å². The molecule has 122 valence electrons.